The molecular weight excluding hydrogens is 244 g/mol. The molecule has 0 bridgehead atoms. The van der Waals surface area contributed by atoms with Crippen molar-refractivity contribution in [3.8, 4) is 0 Å². The van der Waals surface area contributed by atoms with E-state index in [0.29, 0.717) is 0 Å². The lowest BCUT2D eigenvalue weighted by atomic mass is 10.1. The first-order chi connectivity index (χ1) is 9.24. The lowest BCUT2D eigenvalue weighted by Gasteiger charge is -2.34. The third-order valence-corrected chi connectivity index (χ3v) is 2.80. The van der Waals surface area contributed by atoms with E-state index >= 15 is 0 Å². The van der Waals surface area contributed by atoms with Gasteiger partial charge in [0.05, 0.1) is 6.61 Å². The summed E-state index contributed by atoms with van der Waals surface area (Å²) in [5.41, 5.74) is 0.919. The summed E-state index contributed by atoms with van der Waals surface area (Å²) in [5, 5.41) is 0. The van der Waals surface area contributed by atoms with E-state index in [4.69, 9.17) is 14.2 Å². The van der Waals surface area contributed by atoms with Crippen LogP contribution in [-0.4, -0.2) is 24.8 Å². The molecule has 0 amide bonds. The molecule has 2 rings (SSSR count). The molecule has 0 aliphatic carbocycles. The first-order valence-corrected chi connectivity index (χ1v) is 6.02. The largest absolute Gasteiger partial charge is 0.454 e. The fourth-order valence-electron chi connectivity index (χ4n) is 1.84. The van der Waals surface area contributed by atoms with Crippen LogP contribution in [0.1, 0.15) is 11.9 Å². The number of carbonyl (C=O) groups is 1. The van der Waals surface area contributed by atoms with Crippen LogP contribution in [0.5, 0.6) is 0 Å². The van der Waals surface area contributed by atoms with Crippen molar-refractivity contribution in [3.05, 3.63) is 61.2 Å². The summed E-state index contributed by atoms with van der Waals surface area (Å²) < 4.78 is 16.5. The maximum absolute atomic E-state index is 11.2. The number of hydrogen-bond donors (Lipinski definition) is 0. The molecule has 0 saturated carbocycles. The van der Waals surface area contributed by atoms with E-state index in [1.807, 2.05) is 30.3 Å². The summed E-state index contributed by atoms with van der Waals surface area (Å²) >= 11 is 0. The van der Waals surface area contributed by atoms with Gasteiger partial charge in [-0.1, -0.05) is 43.0 Å². The molecule has 1 aliphatic heterocycles. The van der Waals surface area contributed by atoms with Gasteiger partial charge in [-0.2, -0.15) is 0 Å². The van der Waals surface area contributed by atoms with E-state index in [1.165, 1.54) is 0 Å². The summed E-state index contributed by atoms with van der Waals surface area (Å²) in [7, 11) is 0. The average Bonchev–Trinajstić information content (AvgIpc) is 2.48. The van der Waals surface area contributed by atoms with Crippen molar-refractivity contribution < 1.29 is 19.0 Å². The van der Waals surface area contributed by atoms with Crippen LogP contribution in [0.3, 0.4) is 0 Å². The van der Waals surface area contributed by atoms with Crippen LogP contribution in [0.2, 0.25) is 0 Å². The third kappa shape index (κ3) is 3.30. The van der Waals surface area contributed by atoms with Gasteiger partial charge in [0.1, 0.15) is 6.10 Å². The lowest BCUT2D eigenvalue weighted by molar-refractivity contribution is -0.249. The highest BCUT2D eigenvalue weighted by atomic mass is 16.7. The van der Waals surface area contributed by atoms with Crippen LogP contribution in [-0.2, 0) is 19.0 Å². The van der Waals surface area contributed by atoms with Crippen molar-refractivity contribution in [1.82, 2.24) is 0 Å². The van der Waals surface area contributed by atoms with Crippen LogP contribution >= 0.6 is 0 Å². The summed E-state index contributed by atoms with van der Waals surface area (Å²) in [5.74, 6) is -0.498. The van der Waals surface area contributed by atoms with Crippen molar-refractivity contribution in [2.24, 2.45) is 0 Å². The van der Waals surface area contributed by atoms with Crippen molar-refractivity contribution in [2.45, 2.75) is 18.5 Å². The Hall–Kier alpha value is -1.91. The topological polar surface area (TPSA) is 44.8 Å². The quantitative estimate of drug-likeness (QED) is 0.473. The smallest absolute Gasteiger partial charge is 0.330 e. The zero-order valence-corrected chi connectivity index (χ0v) is 10.5. The molecule has 0 N–H and O–H groups in total. The molecule has 1 aromatic carbocycles. The minimum absolute atomic E-state index is 0.260. The van der Waals surface area contributed by atoms with Gasteiger partial charge in [-0.05, 0) is 0 Å². The molecule has 0 aromatic heterocycles. The van der Waals surface area contributed by atoms with Gasteiger partial charge in [0, 0.05) is 11.6 Å². The predicted molar refractivity (Wildman–Crippen MR) is 70.3 cm³/mol. The molecule has 100 valence electrons. The minimum atomic E-state index is -0.498. The first kappa shape index (κ1) is 13.5. The van der Waals surface area contributed by atoms with Crippen molar-refractivity contribution in [1.29, 1.82) is 0 Å². The highest BCUT2D eigenvalue weighted by molar-refractivity contribution is 5.81. The molecule has 0 spiro atoms. The van der Waals surface area contributed by atoms with Crippen LogP contribution in [0.25, 0.3) is 0 Å². The van der Waals surface area contributed by atoms with E-state index in [0.717, 1.165) is 11.6 Å². The van der Waals surface area contributed by atoms with Gasteiger partial charge < -0.3 is 14.2 Å². The number of rotatable bonds is 4. The van der Waals surface area contributed by atoms with Gasteiger partial charge in [-0.3, -0.25) is 0 Å². The molecule has 1 aliphatic rings. The Morgan fingerprint density at radius 1 is 1.32 bits per heavy atom. The van der Waals surface area contributed by atoms with E-state index in [1.54, 1.807) is 6.08 Å². The molecule has 19 heavy (non-hydrogen) atoms. The summed E-state index contributed by atoms with van der Waals surface area (Å²) in [4.78, 5) is 11.2. The number of benzene rings is 1. The maximum atomic E-state index is 11.2. The SMILES string of the molecule is C=CC(=O)O[C@@H]1CO[C@@H](c2ccccc2)O[C@H]1C=C. The summed E-state index contributed by atoms with van der Waals surface area (Å²) in [6, 6.07) is 9.58. The molecule has 0 unspecified atom stereocenters. The Kier molecular flexibility index (Phi) is 4.49. The molecule has 1 aromatic rings. The van der Waals surface area contributed by atoms with Crippen molar-refractivity contribution >= 4 is 5.97 Å². The second-order valence-electron chi connectivity index (χ2n) is 4.09. The third-order valence-electron chi connectivity index (χ3n) is 2.80. The van der Waals surface area contributed by atoms with E-state index in [9.17, 15) is 4.79 Å². The van der Waals surface area contributed by atoms with Gasteiger partial charge in [-0.25, -0.2) is 4.79 Å². The van der Waals surface area contributed by atoms with Gasteiger partial charge in [0.15, 0.2) is 12.4 Å². The second kappa shape index (κ2) is 6.31. The van der Waals surface area contributed by atoms with Crippen molar-refractivity contribution in [2.75, 3.05) is 6.61 Å². The predicted octanol–water partition coefficient (Wildman–Crippen LogP) is 2.38. The number of ether oxygens (including phenoxy) is 3. The zero-order valence-electron chi connectivity index (χ0n) is 10.5. The minimum Gasteiger partial charge on any atom is -0.454 e. The highest BCUT2D eigenvalue weighted by Gasteiger charge is 2.33. The van der Waals surface area contributed by atoms with E-state index < -0.39 is 24.5 Å². The van der Waals surface area contributed by atoms with Gasteiger partial charge in [-0.15, -0.1) is 6.58 Å². The Labute approximate surface area is 112 Å². The van der Waals surface area contributed by atoms with E-state index in [-0.39, 0.29) is 6.61 Å². The summed E-state index contributed by atoms with van der Waals surface area (Å²) in [6.07, 6.45) is 1.36. The zero-order chi connectivity index (χ0) is 13.7. The van der Waals surface area contributed by atoms with Gasteiger partial charge >= 0.3 is 5.97 Å². The molecular formula is C15H16O4. The average molecular weight is 260 g/mol. The second-order valence-corrected chi connectivity index (χ2v) is 4.09. The van der Waals surface area contributed by atoms with E-state index in [2.05, 4.69) is 13.2 Å². The molecule has 0 radical (unpaired) electrons. The summed E-state index contributed by atoms with van der Waals surface area (Å²) in [6.45, 7) is 7.32. The first-order valence-electron chi connectivity index (χ1n) is 6.02. The fourth-order valence-corrected chi connectivity index (χ4v) is 1.84. The van der Waals surface area contributed by atoms with Crippen LogP contribution in [0, 0.1) is 0 Å². The van der Waals surface area contributed by atoms with Gasteiger partial charge in [0.2, 0.25) is 0 Å². The Morgan fingerprint density at radius 2 is 2.05 bits per heavy atom. The standard InChI is InChI=1S/C15H16O4/c1-3-12-13(18-14(16)4-2)10-17-15(19-12)11-8-6-5-7-9-11/h3-9,12-13,15H,1-2,10H2/t12-,13+,15+/m0/s1. The molecule has 4 nitrogen and oxygen atoms in total. The van der Waals surface area contributed by atoms with Crippen LogP contribution in [0.15, 0.2) is 55.6 Å². The van der Waals surface area contributed by atoms with Crippen LogP contribution in [0.4, 0.5) is 0 Å². The molecule has 1 fully saturated rings. The number of carbonyl (C=O) groups excluding carboxylic acids is 1. The number of esters is 1. The highest BCUT2D eigenvalue weighted by Crippen LogP contribution is 2.28. The van der Waals surface area contributed by atoms with Crippen molar-refractivity contribution in [3.63, 3.8) is 0 Å². The van der Waals surface area contributed by atoms with Crippen LogP contribution < -0.4 is 0 Å². The Morgan fingerprint density at radius 3 is 2.68 bits per heavy atom. The van der Waals surface area contributed by atoms with Gasteiger partial charge in [0.25, 0.3) is 0 Å². The Bertz CT molecular complexity index is 454. The Balaban J connectivity index is 2.03. The number of hydrogen-bond acceptors (Lipinski definition) is 4. The maximum Gasteiger partial charge on any atom is 0.330 e. The fraction of sp³-hybridized carbons (Fsp3) is 0.267. The monoisotopic (exact) mass is 260 g/mol. The molecule has 3 atom stereocenters. The lowest BCUT2D eigenvalue weighted by Crippen LogP contribution is -2.41. The normalized spacial score (nSPS) is 26.4. The molecule has 1 heterocycles. The molecule has 4 heteroatoms. The molecule has 1 saturated heterocycles.